The summed E-state index contributed by atoms with van der Waals surface area (Å²) < 4.78 is 27.7. The van der Waals surface area contributed by atoms with Gasteiger partial charge in [0.1, 0.15) is 17.7 Å². The summed E-state index contributed by atoms with van der Waals surface area (Å²) in [5.41, 5.74) is -0.471. The Morgan fingerprint density at radius 3 is 2.27 bits per heavy atom. The van der Waals surface area contributed by atoms with Crippen LogP contribution in [0.3, 0.4) is 0 Å². The second-order valence-corrected chi connectivity index (χ2v) is 6.60. The summed E-state index contributed by atoms with van der Waals surface area (Å²) >= 11 is 0. The number of urea groups is 1. The average molecular weight is 370 g/mol. The van der Waals surface area contributed by atoms with E-state index in [2.05, 4.69) is 10.6 Å². The Labute approximate surface area is 150 Å². The summed E-state index contributed by atoms with van der Waals surface area (Å²) in [6.45, 7) is 1.69. The number of halogens is 2. The molecule has 4 N–H and O–H groups in total. The van der Waals surface area contributed by atoms with E-state index in [4.69, 9.17) is 5.11 Å². The number of carboxylic acids is 1. The van der Waals surface area contributed by atoms with E-state index in [1.165, 1.54) is 6.07 Å². The van der Waals surface area contributed by atoms with Gasteiger partial charge in [-0.15, -0.1) is 0 Å². The van der Waals surface area contributed by atoms with Crippen LogP contribution in [0.15, 0.2) is 18.2 Å². The summed E-state index contributed by atoms with van der Waals surface area (Å²) in [6.07, 6.45) is 0.821. The maximum atomic E-state index is 13.8. The van der Waals surface area contributed by atoms with Crippen LogP contribution < -0.4 is 10.6 Å². The minimum atomic E-state index is -1.52. The van der Waals surface area contributed by atoms with Crippen LogP contribution in [-0.2, 0) is 4.79 Å². The zero-order chi connectivity index (χ0) is 19.3. The molecule has 26 heavy (non-hydrogen) atoms. The minimum Gasteiger partial charge on any atom is -0.481 e. The van der Waals surface area contributed by atoms with E-state index in [0.717, 1.165) is 12.1 Å². The summed E-state index contributed by atoms with van der Waals surface area (Å²) in [7, 11) is 0. The number of carbonyl (C=O) groups is 2. The first-order valence-electron chi connectivity index (χ1n) is 8.75. The van der Waals surface area contributed by atoms with Crippen molar-refractivity contribution in [2.75, 3.05) is 0 Å². The molecule has 1 aromatic rings. The number of amides is 2. The Bertz CT molecular complexity index is 628. The van der Waals surface area contributed by atoms with Crippen molar-refractivity contribution in [3.63, 3.8) is 0 Å². The number of carboxylic acid groups (broad SMARTS) is 1. The molecule has 0 aromatic heterocycles. The number of hydrogen-bond acceptors (Lipinski definition) is 3. The highest BCUT2D eigenvalue weighted by atomic mass is 19.1. The third-order valence-electron chi connectivity index (χ3n) is 4.84. The largest absolute Gasteiger partial charge is 0.481 e. The van der Waals surface area contributed by atoms with E-state index in [-0.39, 0.29) is 18.4 Å². The van der Waals surface area contributed by atoms with Crippen molar-refractivity contribution in [1.82, 2.24) is 10.6 Å². The summed E-state index contributed by atoms with van der Waals surface area (Å²) in [5.74, 6) is -2.95. The van der Waals surface area contributed by atoms with E-state index < -0.39 is 41.3 Å². The molecule has 1 aromatic carbocycles. The van der Waals surface area contributed by atoms with Crippen LogP contribution in [0.25, 0.3) is 0 Å². The molecule has 2 atom stereocenters. The van der Waals surface area contributed by atoms with E-state index in [1.54, 1.807) is 6.92 Å². The van der Waals surface area contributed by atoms with Gasteiger partial charge in [-0.25, -0.2) is 13.6 Å². The van der Waals surface area contributed by atoms with Gasteiger partial charge in [-0.05, 0) is 44.2 Å². The van der Waals surface area contributed by atoms with Gasteiger partial charge in [0.25, 0.3) is 0 Å². The Morgan fingerprint density at radius 2 is 1.77 bits per heavy atom. The number of aliphatic carboxylic acids is 1. The van der Waals surface area contributed by atoms with Crippen LogP contribution in [-0.4, -0.2) is 34.3 Å². The van der Waals surface area contributed by atoms with Gasteiger partial charge in [-0.3, -0.25) is 4.79 Å². The SMILES string of the molecule is CCC(NC(=O)NC1CCC(C(=O)O)CC1)C(O)c1c(F)cccc1F. The summed E-state index contributed by atoms with van der Waals surface area (Å²) in [6, 6.07) is 1.73. The molecule has 0 bridgehead atoms. The molecule has 0 radical (unpaired) electrons. The normalized spacial score (nSPS) is 22.3. The molecule has 0 saturated heterocycles. The van der Waals surface area contributed by atoms with Gasteiger partial charge in [0.2, 0.25) is 0 Å². The van der Waals surface area contributed by atoms with Gasteiger partial charge in [0.15, 0.2) is 0 Å². The molecule has 8 heteroatoms. The van der Waals surface area contributed by atoms with Gasteiger partial charge in [0, 0.05) is 6.04 Å². The molecular weight excluding hydrogens is 346 g/mol. The van der Waals surface area contributed by atoms with Crippen LogP contribution in [0.5, 0.6) is 0 Å². The zero-order valence-electron chi connectivity index (χ0n) is 14.5. The number of aliphatic hydroxyl groups excluding tert-OH is 1. The predicted octanol–water partition coefficient (Wildman–Crippen LogP) is 2.72. The minimum absolute atomic E-state index is 0.162. The molecule has 0 aliphatic heterocycles. The van der Waals surface area contributed by atoms with Gasteiger partial charge in [-0.2, -0.15) is 0 Å². The first-order valence-corrected chi connectivity index (χ1v) is 8.75. The van der Waals surface area contributed by atoms with Crippen LogP contribution >= 0.6 is 0 Å². The topological polar surface area (TPSA) is 98.7 Å². The van der Waals surface area contributed by atoms with Crippen molar-refractivity contribution >= 4 is 12.0 Å². The molecule has 6 nitrogen and oxygen atoms in total. The molecule has 2 amide bonds. The molecule has 1 fully saturated rings. The Hall–Kier alpha value is -2.22. The summed E-state index contributed by atoms with van der Waals surface area (Å²) in [4.78, 5) is 23.1. The van der Waals surface area contributed by atoms with E-state index >= 15 is 0 Å². The number of hydrogen-bond donors (Lipinski definition) is 4. The molecule has 0 spiro atoms. The van der Waals surface area contributed by atoms with Crippen molar-refractivity contribution in [3.05, 3.63) is 35.4 Å². The van der Waals surface area contributed by atoms with Crippen molar-refractivity contribution < 1.29 is 28.6 Å². The van der Waals surface area contributed by atoms with E-state index in [1.807, 2.05) is 0 Å². The number of nitrogens with one attached hydrogen (secondary N) is 2. The van der Waals surface area contributed by atoms with Crippen LogP contribution in [0, 0.1) is 17.6 Å². The molecule has 144 valence electrons. The fourth-order valence-electron chi connectivity index (χ4n) is 3.28. The average Bonchev–Trinajstić information content (AvgIpc) is 2.59. The van der Waals surface area contributed by atoms with Gasteiger partial charge >= 0.3 is 12.0 Å². The number of aliphatic hydroxyl groups is 1. The highest BCUT2D eigenvalue weighted by molar-refractivity contribution is 5.75. The van der Waals surface area contributed by atoms with Crippen molar-refractivity contribution in [3.8, 4) is 0 Å². The lowest BCUT2D eigenvalue weighted by Gasteiger charge is -2.29. The molecular formula is C18H24F2N2O4. The van der Waals surface area contributed by atoms with Gasteiger partial charge in [0.05, 0.1) is 17.5 Å². The Balaban J connectivity index is 1.93. The molecule has 2 rings (SSSR count). The second-order valence-electron chi connectivity index (χ2n) is 6.60. The maximum absolute atomic E-state index is 13.8. The van der Waals surface area contributed by atoms with Crippen LogP contribution in [0.4, 0.5) is 13.6 Å². The fourth-order valence-corrected chi connectivity index (χ4v) is 3.28. The standard InChI is InChI=1S/C18H24F2N2O4/c1-2-14(16(23)15-12(19)4-3-5-13(15)20)22-18(26)21-11-8-6-10(7-9-11)17(24)25/h3-5,10-11,14,16,23H,2,6-9H2,1H3,(H,24,25)(H2,21,22,26). The lowest BCUT2D eigenvalue weighted by atomic mass is 9.86. The molecule has 2 unspecified atom stereocenters. The Morgan fingerprint density at radius 1 is 1.19 bits per heavy atom. The van der Waals surface area contributed by atoms with Gasteiger partial charge < -0.3 is 20.8 Å². The third-order valence-corrected chi connectivity index (χ3v) is 4.84. The number of carbonyl (C=O) groups excluding carboxylic acids is 1. The number of benzene rings is 1. The quantitative estimate of drug-likeness (QED) is 0.619. The Kier molecular flexibility index (Phi) is 6.90. The van der Waals surface area contributed by atoms with Crippen molar-refractivity contribution in [2.45, 2.75) is 57.2 Å². The van der Waals surface area contributed by atoms with Crippen LogP contribution in [0.2, 0.25) is 0 Å². The highest BCUT2D eigenvalue weighted by Crippen LogP contribution is 2.26. The number of rotatable bonds is 6. The predicted molar refractivity (Wildman–Crippen MR) is 90.4 cm³/mol. The van der Waals surface area contributed by atoms with Crippen molar-refractivity contribution in [1.29, 1.82) is 0 Å². The van der Waals surface area contributed by atoms with Crippen molar-refractivity contribution in [2.24, 2.45) is 5.92 Å². The molecule has 1 saturated carbocycles. The van der Waals surface area contributed by atoms with E-state index in [9.17, 15) is 23.5 Å². The van der Waals surface area contributed by atoms with Crippen LogP contribution in [0.1, 0.15) is 50.7 Å². The molecule has 0 heterocycles. The summed E-state index contributed by atoms with van der Waals surface area (Å²) in [5, 5.41) is 24.6. The highest BCUT2D eigenvalue weighted by Gasteiger charge is 2.29. The zero-order valence-corrected chi connectivity index (χ0v) is 14.5. The first-order chi connectivity index (χ1) is 12.3. The monoisotopic (exact) mass is 370 g/mol. The molecule has 1 aliphatic rings. The lowest BCUT2D eigenvalue weighted by Crippen LogP contribution is -2.49. The third kappa shape index (κ3) is 4.91. The fraction of sp³-hybridized carbons (Fsp3) is 0.556. The lowest BCUT2D eigenvalue weighted by molar-refractivity contribution is -0.142. The first kappa shape index (κ1) is 20.1. The van der Waals surface area contributed by atoms with Gasteiger partial charge in [-0.1, -0.05) is 13.0 Å². The van der Waals surface area contributed by atoms with E-state index in [0.29, 0.717) is 25.7 Å². The second kappa shape index (κ2) is 8.93. The smallest absolute Gasteiger partial charge is 0.315 e. The maximum Gasteiger partial charge on any atom is 0.315 e. The molecule has 1 aliphatic carbocycles.